The van der Waals surface area contributed by atoms with Gasteiger partial charge in [0.25, 0.3) is 0 Å². The molecule has 0 aromatic carbocycles. The standard InChI is InChI=1S/C9H17Cl2N2O4P/c1-2-16-9(14)8-7-17-18(15,12-8)13(5-3-10)6-4-11/h8H,2-7H2,1H3,(H,12,15). The predicted octanol–water partition coefficient (Wildman–Crippen LogP) is 1.43. The normalized spacial score (nSPS) is 27.7. The molecule has 0 bridgehead atoms. The van der Waals surface area contributed by atoms with Crippen molar-refractivity contribution in [2.75, 3.05) is 38.1 Å². The Morgan fingerprint density at radius 3 is 2.61 bits per heavy atom. The van der Waals surface area contributed by atoms with Gasteiger partial charge in [0.2, 0.25) is 0 Å². The quantitative estimate of drug-likeness (QED) is 0.435. The van der Waals surface area contributed by atoms with Crippen molar-refractivity contribution in [3.05, 3.63) is 0 Å². The molecular formula is C9H17Cl2N2O4P. The Morgan fingerprint density at radius 1 is 1.50 bits per heavy atom. The lowest BCUT2D eigenvalue weighted by Gasteiger charge is -2.25. The van der Waals surface area contributed by atoms with Crippen LogP contribution in [0.2, 0.25) is 0 Å². The van der Waals surface area contributed by atoms with E-state index in [0.29, 0.717) is 24.8 Å². The third kappa shape index (κ3) is 4.08. The number of hydrogen-bond donors (Lipinski definition) is 1. The molecule has 1 rings (SSSR count). The number of esters is 1. The van der Waals surface area contributed by atoms with Crippen LogP contribution in [0, 0.1) is 0 Å². The van der Waals surface area contributed by atoms with Gasteiger partial charge in [0, 0.05) is 24.8 Å². The summed E-state index contributed by atoms with van der Waals surface area (Å²) in [6.07, 6.45) is 0. The fourth-order valence-corrected chi connectivity index (χ4v) is 4.24. The first kappa shape index (κ1) is 16.2. The number of nitrogens with zero attached hydrogens (tertiary/aromatic N) is 1. The molecule has 9 heteroatoms. The van der Waals surface area contributed by atoms with Crippen LogP contribution >= 0.6 is 30.9 Å². The summed E-state index contributed by atoms with van der Waals surface area (Å²) in [7, 11) is -3.23. The molecule has 0 aromatic heterocycles. The number of hydrogen-bond acceptors (Lipinski definition) is 4. The molecule has 18 heavy (non-hydrogen) atoms. The van der Waals surface area contributed by atoms with Crippen LogP contribution in [-0.4, -0.2) is 54.7 Å². The van der Waals surface area contributed by atoms with Crippen LogP contribution in [-0.2, 0) is 18.6 Å². The van der Waals surface area contributed by atoms with Crippen LogP contribution in [0.4, 0.5) is 0 Å². The topological polar surface area (TPSA) is 67.9 Å². The van der Waals surface area contributed by atoms with Crippen molar-refractivity contribution in [2.45, 2.75) is 13.0 Å². The van der Waals surface area contributed by atoms with Gasteiger partial charge in [-0.1, -0.05) is 0 Å². The Hall–Kier alpha value is 0.160. The number of carbonyl (C=O) groups excluding carboxylic acids is 1. The highest BCUT2D eigenvalue weighted by Gasteiger charge is 2.43. The molecule has 0 spiro atoms. The Balaban J connectivity index is 2.65. The molecule has 2 atom stereocenters. The monoisotopic (exact) mass is 318 g/mol. The summed E-state index contributed by atoms with van der Waals surface area (Å²) in [6, 6.07) is -0.705. The second-order valence-electron chi connectivity index (χ2n) is 3.58. The molecule has 106 valence electrons. The largest absolute Gasteiger partial charge is 0.465 e. The lowest BCUT2D eigenvalue weighted by Crippen LogP contribution is -2.36. The molecule has 1 fully saturated rings. The van der Waals surface area contributed by atoms with Crippen molar-refractivity contribution >= 4 is 36.8 Å². The summed E-state index contributed by atoms with van der Waals surface area (Å²) >= 11 is 11.3. The zero-order chi connectivity index (χ0) is 13.6. The van der Waals surface area contributed by atoms with Crippen molar-refractivity contribution < 1.29 is 18.6 Å². The van der Waals surface area contributed by atoms with E-state index in [9.17, 15) is 9.36 Å². The summed E-state index contributed by atoms with van der Waals surface area (Å²) in [5.41, 5.74) is 0. The van der Waals surface area contributed by atoms with Crippen LogP contribution < -0.4 is 5.09 Å². The van der Waals surface area contributed by atoms with E-state index >= 15 is 0 Å². The Morgan fingerprint density at radius 2 is 2.11 bits per heavy atom. The van der Waals surface area contributed by atoms with Gasteiger partial charge < -0.3 is 9.26 Å². The number of halogens is 2. The van der Waals surface area contributed by atoms with Gasteiger partial charge in [0.05, 0.1) is 13.2 Å². The van der Waals surface area contributed by atoms with Crippen LogP contribution in [0.5, 0.6) is 0 Å². The SMILES string of the molecule is CCOC(=O)C1COP(=O)(N(CCCl)CCCl)N1. The molecule has 2 unspecified atom stereocenters. The maximum Gasteiger partial charge on any atom is 0.344 e. The minimum absolute atomic E-state index is 0.0250. The molecule has 0 aromatic rings. The molecule has 6 nitrogen and oxygen atoms in total. The molecular weight excluding hydrogens is 302 g/mol. The lowest BCUT2D eigenvalue weighted by atomic mass is 10.3. The van der Waals surface area contributed by atoms with E-state index in [2.05, 4.69) is 5.09 Å². The van der Waals surface area contributed by atoms with Gasteiger partial charge in [-0.3, -0.25) is 9.36 Å². The van der Waals surface area contributed by atoms with Gasteiger partial charge in [0.1, 0.15) is 6.04 Å². The minimum atomic E-state index is -3.23. The highest BCUT2D eigenvalue weighted by Crippen LogP contribution is 2.50. The molecule has 0 radical (unpaired) electrons. The first-order valence-corrected chi connectivity index (χ1v) is 8.28. The van der Waals surface area contributed by atoms with E-state index in [1.807, 2.05) is 0 Å². The van der Waals surface area contributed by atoms with E-state index in [-0.39, 0.29) is 13.2 Å². The highest BCUT2D eigenvalue weighted by molar-refractivity contribution is 7.54. The second-order valence-corrected chi connectivity index (χ2v) is 6.46. The third-order valence-electron chi connectivity index (χ3n) is 2.36. The van der Waals surface area contributed by atoms with Crippen LogP contribution in [0.15, 0.2) is 0 Å². The van der Waals surface area contributed by atoms with Gasteiger partial charge in [-0.05, 0) is 6.92 Å². The summed E-state index contributed by atoms with van der Waals surface area (Å²) in [5.74, 6) is 0.137. The lowest BCUT2D eigenvalue weighted by molar-refractivity contribution is -0.145. The van der Waals surface area contributed by atoms with Crippen molar-refractivity contribution in [3.63, 3.8) is 0 Å². The number of carbonyl (C=O) groups is 1. The highest BCUT2D eigenvalue weighted by atomic mass is 35.5. The van der Waals surface area contributed by atoms with E-state index in [0.717, 1.165) is 0 Å². The van der Waals surface area contributed by atoms with Gasteiger partial charge in [-0.2, -0.15) is 0 Å². The Kier molecular flexibility index (Phi) is 6.92. The first-order chi connectivity index (χ1) is 8.57. The number of nitrogens with one attached hydrogen (secondary N) is 1. The first-order valence-electron chi connectivity index (χ1n) is 5.63. The van der Waals surface area contributed by atoms with E-state index in [1.165, 1.54) is 4.67 Å². The average Bonchev–Trinajstić information content (AvgIpc) is 2.73. The summed E-state index contributed by atoms with van der Waals surface area (Å²) in [4.78, 5) is 11.5. The third-order valence-corrected chi connectivity index (χ3v) is 4.98. The van der Waals surface area contributed by atoms with Crippen molar-refractivity contribution in [3.8, 4) is 0 Å². The van der Waals surface area contributed by atoms with Crippen molar-refractivity contribution in [1.82, 2.24) is 9.76 Å². The second kappa shape index (κ2) is 7.68. The Bertz CT molecular complexity index is 326. The Labute approximate surface area is 116 Å². The fraction of sp³-hybridized carbons (Fsp3) is 0.889. The predicted molar refractivity (Wildman–Crippen MR) is 70.1 cm³/mol. The van der Waals surface area contributed by atoms with Crippen LogP contribution in [0.25, 0.3) is 0 Å². The molecule has 0 saturated carbocycles. The number of alkyl halides is 2. The van der Waals surface area contributed by atoms with Crippen LogP contribution in [0.1, 0.15) is 6.92 Å². The van der Waals surface area contributed by atoms with Gasteiger partial charge in [0.15, 0.2) is 0 Å². The van der Waals surface area contributed by atoms with Gasteiger partial charge in [-0.25, -0.2) is 9.76 Å². The van der Waals surface area contributed by atoms with E-state index in [1.54, 1.807) is 6.92 Å². The number of rotatable bonds is 7. The molecule has 0 aliphatic carbocycles. The van der Waals surface area contributed by atoms with Crippen molar-refractivity contribution in [2.24, 2.45) is 0 Å². The molecule has 1 saturated heterocycles. The van der Waals surface area contributed by atoms with E-state index < -0.39 is 19.7 Å². The minimum Gasteiger partial charge on any atom is -0.465 e. The summed E-state index contributed by atoms with van der Waals surface area (Å²) < 4.78 is 24.1. The van der Waals surface area contributed by atoms with Gasteiger partial charge >= 0.3 is 13.6 Å². The zero-order valence-corrected chi connectivity index (χ0v) is 12.5. The summed E-state index contributed by atoms with van der Waals surface area (Å²) in [5, 5.41) is 2.69. The van der Waals surface area contributed by atoms with Gasteiger partial charge in [-0.15, -0.1) is 23.2 Å². The maximum absolute atomic E-state index is 12.5. The molecule has 1 aliphatic rings. The van der Waals surface area contributed by atoms with Crippen LogP contribution in [0.3, 0.4) is 0 Å². The number of ether oxygens (including phenoxy) is 1. The fourth-order valence-electron chi connectivity index (χ4n) is 1.54. The smallest absolute Gasteiger partial charge is 0.344 e. The van der Waals surface area contributed by atoms with E-state index in [4.69, 9.17) is 32.5 Å². The summed E-state index contributed by atoms with van der Waals surface area (Å²) in [6.45, 7) is 2.74. The molecule has 1 aliphatic heterocycles. The average molecular weight is 319 g/mol. The van der Waals surface area contributed by atoms with Crippen molar-refractivity contribution in [1.29, 1.82) is 0 Å². The molecule has 1 heterocycles. The zero-order valence-electron chi connectivity index (χ0n) is 10.1. The molecule has 1 N–H and O–H groups in total. The molecule has 0 amide bonds. The maximum atomic E-state index is 12.5.